The van der Waals surface area contributed by atoms with Gasteiger partial charge in [-0.25, -0.2) is 0 Å². The molecule has 94 valence electrons. The predicted octanol–water partition coefficient (Wildman–Crippen LogP) is 3.64. The number of benzene rings is 1. The second-order valence-electron chi connectivity index (χ2n) is 3.79. The van der Waals surface area contributed by atoms with E-state index >= 15 is 0 Å². The Bertz CT molecular complexity index is 501. The summed E-state index contributed by atoms with van der Waals surface area (Å²) in [5, 5.41) is 13.3. The Morgan fingerprint density at radius 3 is 2.50 bits per heavy atom. The maximum Gasteiger partial charge on any atom is 0.0917 e. The summed E-state index contributed by atoms with van der Waals surface area (Å²) in [7, 11) is 0. The van der Waals surface area contributed by atoms with Crippen LogP contribution >= 0.6 is 27.5 Å². The van der Waals surface area contributed by atoms with Crippen LogP contribution in [0.4, 0.5) is 5.69 Å². The van der Waals surface area contributed by atoms with Gasteiger partial charge in [0.25, 0.3) is 0 Å². The summed E-state index contributed by atoms with van der Waals surface area (Å²) in [4.78, 5) is 4.27. The number of nitrogens with one attached hydrogen (secondary N) is 1. The Morgan fingerprint density at radius 2 is 1.94 bits per heavy atom. The minimum Gasteiger partial charge on any atom is -0.394 e. The molecule has 18 heavy (non-hydrogen) atoms. The number of hydrogen-bond donors (Lipinski definition) is 2. The van der Waals surface area contributed by atoms with E-state index in [9.17, 15) is 5.11 Å². The number of aliphatic hydroxyl groups is 1. The van der Waals surface area contributed by atoms with Gasteiger partial charge in [0.15, 0.2) is 0 Å². The topological polar surface area (TPSA) is 45.1 Å². The third-order valence-corrected chi connectivity index (χ3v) is 3.20. The van der Waals surface area contributed by atoms with Crippen LogP contribution in [0.3, 0.4) is 0 Å². The quantitative estimate of drug-likeness (QED) is 0.901. The fourth-order valence-electron chi connectivity index (χ4n) is 1.55. The third-order valence-electron chi connectivity index (χ3n) is 2.47. The number of aromatic nitrogens is 1. The molecule has 3 nitrogen and oxygen atoms in total. The van der Waals surface area contributed by atoms with E-state index in [1.54, 1.807) is 18.3 Å². The van der Waals surface area contributed by atoms with Gasteiger partial charge in [-0.3, -0.25) is 4.98 Å². The van der Waals surface area contributed by atoms with Crippen LogP contribution in [0, 0.1) is 0 Å². The van der Waals surface area contributed by atoms with Crippen LogP contribution in [-0.2, 0) is 0 Å². The van der Waals surface area contributed by atoms with E-state index in [1.807, 2.05) is 24.3 Å². The van der Waals surface area contributed by atoms with E-state index < -0.39 is 0 Å². The first kappa shape index (κ1) is 13.3. The molecule has 5 heteroatoms. The summed E-state index contributed by atoms with van der Waals surface area (Å²) < 4.78 is 0.912. The first-order valence-electron chi connectivity index (χ1n) is 5.43. The molecule has 1 aromatic carbocycles. The average Bonchev–Trinajstić information content (AvgIpc) is 2.39. The van der Waals surface area contributed by atoms with Crippen LogP contribution < -0.4 is 5.32 Å². The molecule has 0 saturated carbocycles. The highest BCUT2D eigenvalue weighted by Gasteiger charge is 2.11. The molecule has 0 aliphatic rings. The molecule has 0 aliphatic heterocycles. The Hall–Kier alpha value is -1.10. The Morgan fingerprint density at radius 1 is 1.22 bits per heavy atom. The van der Waals surface area contributed by atoms with E-state index in [0.29, 0.717) is 5.02 Å². The molecular formula is C13H12BrClN2O. The fourth-order valence-corrected chi connectivity index (χ4v) is 1.91. The molecule has 1 unspecified atom stereocenters. The van der Waals surface area contributed by atoms with Gasteiger partial charge in [-0.2, -0.15) is 0 Å². The summed E-state index contributed by atoms with van der Waals surface area (Å²) in [6, 6.07) is 10.9. The van der Waals surface area contributed by atoms with Crippen molar-refractivity contribution < 1.29 is 5.11 Å². The van der Waals surface area contributed by atoms with Crippen molar-refractivity contribution in [2.75, 3.05) is 11.9 Å². The summed E-state index contributed by atoms with van der Waals surface area (Å²) in [6.07, 6.45) is 1.71. The smallest absolute Gasteiger partial charge is 0.0917 e. The van der Waals surface area contributed by atoms with E-state index in [4.69, 9.17) is 11.6 Å². The summed E-state index contributed by atoms with van der Waals surface area (Å²) in [5.41, 5.74) is 1.68. The molecule has 1 heterocycles. The highest BCUT2D eigenvalue weighted by Crippen LogP contribution is 2.20. The fraction of sp³-hybridized carbons (Fsp3) is 0.154. The van der Waals surface area contributed by atoms with Crippen molar-refractivity contribution >= 4 is 33.2 Å². The van der Waals surface area contributed by atoms with Gasteiger partial charge in [-0.15, -0.1) is 0 Å². The van der Waals surface area contributed by atoms with Crippen LogP contribution in [0.1, 0.15) is 11.7 Å². The molecule has 0 radical (unpaired) electrons. The highest BCUT2D eigenvalue weighted by molar-refractivity contribution is 9.10. The van der Waals surface area contributed by atoms with Crippen molar-refractivity contribution in [1.29, 1.82) is 0 Å². The zero-order chi connectivity index (χ0) is 13.0. The van der Waals surface area contributed by atoms with E-state index in [2.05, 4.69) is 26.2 Å². The van der Waals surface area contributed by atoms with Gasteiger partial charge >= 0.3 is 0 Å². The number of halogens is 2. The van der Waals surface area contributed by atoms with Crippen molar-refractivity contribution in [3.8, 4) is 0 Å². The normalized spacial score (nSPS) is 12.2. The Kier molecular flexibility index (Phi) is 4.58. The number of hydrogen-bond acceptors (Lipinski definition) is 3. The predicted molar refractivity (Wildman–Crippen MR) is 76.8 cm³/mol. The van der Waals surface area contributed by atoms with Crippen LogP contribution in [0.2, 0.25) is 5.02 Å². The summed E-state index contributed by atoms with van der Waals surface area (Å²) in [5.74, 6) is 0. The van der Waals surface area contributed by atoms with Crippen LogP contribution in [0.15, 0.2) is 47.1 Å². The van der Waals surface area contributed by atoms with E-state index in [1.165, 1.54) is 0 Å². The highest BCUT2D eigenvalue weighted by atomic mass is 79.9. The maximum atomic E-state index is 9.42. The second-order valence-corrected chi connectivity index (χ2v) is 5.14. The molecule has 2 rings (SSSR count). The lowest BCUT2D eigenvalue weighted by atomic mass is 10.2. The number of pyridine rings is 1. The summed E-state index contributed by atoms with van der Waals surface area (Å²) >= 11 is 9.15. The lowest BCUT2D eigenvalue weighted by Crippen LogP contribution is -2.16. The maximum absolute atomic E-state index is 9.42. The third kappa shape index (κ3) is 3.45. The molecule has 0 aliphatic carbocycles. The molecule has 0 amide bonds. The van der Waals surface area contributed by atoms with Gasteiger partial charge in [0.2, 0.25) is 0 Å². The van der Waals surface area contributed by atoms with Crippen LogP contribution in [-0.4, -0.2) is 16.7 Å². The first-order valence-corrected chi connectivity index (χ1v) is 6.60. The van der Waals surface area contributed by atoms with Gasteiger partial charge in [0.05, 0.1) is 18.3 Å². The molecule has 1 aromatic heterocycles. The number of anilines is 1. The van der Waals surface area contributed by atoms with Gasteiger partial charge in [-0.05, 0) is 52.3 Å². The Balaban J connectivity index is 2.14. The van der Waals surface area contributed by atoms with Crippen molar-refractivity contribution in [3.05, 3.63) is 57.8 Å². The first-order chi connectivity index (χ1) is 8.69. The molecule has 0 fully saturated rings. The van der Waals surface area contributed by atoms with Gasteiger partial charge < -0.3 is 10.4 Å². The largest absolute Gasteiger partial charge is 0.394 e. The number of rotatable bonds is 4. The van der Waals surface area contributed by atoms with Crippen molar-refractivity contribution in [3.63, 3.8) is 0 Å². The van der Waals surface area contributed by atoms with Crippen molar-refractivity contribution in [2.45, 2.75) is 6.04 Å². The van der Waals surface area contributed by atoms with Crippen LogP contribution in [0.25, 0.3) is 0 Å². The van der Waals surface area contributed by atoms with Crippen molar-refractivity contribution in [1.82, 2.24) is 4.98 Å². The zero-order valence-electron chi connectivity index (χ0n) is 9.48. The minimum atomic E-state index is -0.237. The minimum absolute atomic E-state index is 0.0305. The van der Waals surface area contributed by atoms with Crippen LogP contribution in [0.5, 0.6) is 0 Å². The standard InChI is InChI=1S/C13H12BrClN2O/c14-9-1-6-12(16-7-9)13(8-18)17-11-4-2-10(15)3-5-11/h1-7,13,17-18H,8H2. The SMILES string of the molecule is OCC(Nc1ccc(Cl)cc1)c1ccc(Br)cn1. The molecule has 0 bridgehead atoms. The second kappa shape index (κ2) is 6.18. The van der Waals surface area contributed by atoms with Gasteiger partial charge in [0.1, 0.15) is 0 Å². The van der Waals surface area contributed by atoms with E-state index in [0.717, 1.165) is 15.9 Å². The number of aliphatic hydroxyl groups excluding tert-OH is 1. The molecular weight excluding hydrogens is 316 g/mol. The van der Waals surface area contributed by atoms with E-state index in [-0.39, 0.29) is 12.6 Å². The van der Waals surface area contributed by atoms with Gasteiger partial charge in [0, 0.05) is 21.4 Å². The lowest BCUT2D eigenvalue weighted by molar-refractivity contribution is 0.274. The summed E-state index contributed by atoms with van der Waals surface area (Å²) in [6.45, 7) is -0.0305. The molecule has 1 atom stereocenters. The van der Waals surface area contributed by atoms with Crippen molar-refractivity contribution in [2.24, 2.45) is 0 Å². The Labute approximate surface area is 119 Å². The molecule has 2 N–H and O–H groups in total. The zero-order valence-corrected chi connectivity index (χ0v) is 11.8. The van der Waals surface area contributed by atoms with Gasteiger partial charge in [-0.1, -0.05) is 11.6 Å². The molecule has 0 spiro atoms. The average molecular weight is 328 g/mol. The number of nitrogens with zero attached hydrogens (tertiary/aromatic N) is 1. The monoisotopic (exact) mass is 326 g/mol. The molecule has 2 aromatic rings. The lowest BCUT2D eigenvalue weighted by Gasteiger charge is -2.17. The molecule has 0 saturated heterocycles.